The van der Waals surface area contributed by atoms with Gasteiger partial charge >= 0.3 is 5.69 Å². The van der Waals surface area contributed by atoms with E-state index in [9.17, 15) is 15.2 Å². The Morgan fingerprint density at radius 2 is 1.55 bits per heavy atom. The van der Waals surface area contributed by atoms with E-state index >= 15 is 0 Å². The number of nitrogen functional groups attached to an aromatic ring is 1. The van der Waals surface area contributed by atoms with Gasteiger partial charge in [-0.05, 0) is 74.7 Å². The lowest BCUT2D eigenvalue weighted by Gasteiger charge is -2.41. The van der Waals surface area contributed by atoms with Gasteiger partial charge in [-0.3, -0.25) is 9.09 Å². The summed E-state index contributed by atoms with van der Waals surface area (Å²) in [4.78, 5) is 16.9. The molecule has 1 fully saturated rings. The van der Waals surface area contributed by atoms with Gasteiger partial charge in [0, 0.05) is 18.3 Å². The Kier molecular flexibility index (Phi) is 13.2. The molecular weight excluding hydrogens is 697 g/mol. The predicted molar refractivity (Wildman–Crippen MR) is 201 cm³/mol. The van der Waals surface area contributed by atoms with Crippen LogP contribution in [-0.2, 0) is 24.1 Å². The van der Waals surface area contributed by atoms with Crippen molar-refractivity contribution in [3.63, 3.8) is 0 Å². The average Bonchev–Trinajstić information content (AvgIpc) is 3.47. The van der Waals surface area contributed by atoms with Gasteiger partial charge in [-0.25, -0.2) is 9.46 Å². The second-order valence-electron chi connectivity index (χ2n) is 13.1. The van der Waals surface area contributed by atoms with Crippen LogP contribution in [0.3, 0.4) is 0 Å². The SMILES string of the molecule is COc1ccc(C(OC[C@H]2O[C@@H](n3ccc(N)nc3=O)C[C@@]2(O)OP(OCCC#N)N(C(C)C)C(C)C)(c2ccccc2)c2ccc(OC)cc2)cc1. The van der Waals surface area contributed by atoms with E-state index in [1.54, 1.807) is 14.2 Å². The van der Waals surface area contributed by atoms with Crippen molar-refractivity contribution in [3.8, 4) is 17.6 Å². The molecule has 4 atom stereocenters. The van der Waals surface area contributed by atoms with Crippen LogP contribution in [0.15, 0.2) is 95.9 Å². The highest BCUT2D eigenvalue weighted by molar-refractivity contribution is 7.44. The van der Waals surface area contributed by atoms with Gasteiger partial charge in [0.2, 0.25) is 5.79 Å². The molecule has 3 N–H and O–H groups in total. The summed E-state index contributed by atoms with van der Waals surface area (Å²) in [7, 11) is 1.27. The molecule has 2 heterocycles. The zero-order chi connectivity index (χ0) is 38.2. The number of nitrogens with two attached hydrogens (primary N) is 1. The van der Waals surface area contributed by atoms with E-state index in [4.69, 9.17) is 33.7 Å². The topological polar surface area (TPSA) is 164 Å². The van der Waals surface area contributed by atoms with E-state index in [2.05, 4.69) is 11.1 Å². The highest BCUT2D eigenvalue weighted by atomic mass is 31.2. The maximum atomic E-state index is 13.1. The molecule has 3 aromatic carbocycles. The number of hydrogen-bond donors (Lipinski definition) is 2. The second kappa shape index (κ2) is 17.6. The molecule has 0 amide bonds. The van der Waals surface area contributed by atoms with Gasteiger partial charge in [0.15, 0.2) is 0 Å². The first-order valence-electron chi connectivity index (χ1n) is 17.4. The van der Waals surface area contributed by atoms with Gasteiger partial charge in [0.05, 0.1) is 46.3 Å². The Bertz CT molecular complexity index is 1810. The molecule has 1 aromatic heterocycles. The molecule has 5 rings (SSSR count). The quantitative estimate of drug-likeness (QED) is 0.0552. The van der Waals surface area contributed by atoms with Gasteiger partial charge in [0.1, 0.15) is 35.2 Å². The van der Waals surface area contributed by atoms with Gasteiger partial charge in [-0.15, -0.1) is 0 Å². The van der Waals surface area contributed by atoms with Crippen LogP contribution in [0, 0.1) is 11.3 Å². The van der Waals surface area contributed by atoms with Gasteiger partial charge in [0.25, 0.3) is 8.53 Å². The fourth-order valence-corrected chi connectivity index (χ4v) is 8.24. The first-order valence-corrected chi connectivity index (χ1v) is 18.6. The van der Waals surface area contributed by atoms with Crippen LogP contribution in [0.4, 0.5) is 5.82 Å². The molecule has 282 valence electrons. The summed E-state index contributed by atoms with van der Waals surface area (Å²) < 4.78 is 40.7. The second-order valence-corrected chi connectivity index (χ2v) is 14.5. The smallest absolute Gasteiger partial charge is 0.351 e. The molecule has 0 saturated carbocycles. The lowest BCUT2D eigenvalue weighted by Crippen LogP contribution is -2.47. The number of nitriles is 1. The Balaban J connectivity index is 1.62. The molecule has 1 saturated heterocycles. The normalized spacial score (nSPS) is 19.4. The third-order valence-electron chi connectivity index (χ3n) is 8.98. The van der Waals surface area contributed by atoms with Crippen molar-refractivity contribution in [2.75, 3.05) is 33.2 Å². The summed E-state index contributed by atoms with van der Waals surface area (Å²) >= 11 is 0. The van der Waals surface area contributed by atoms with Crippen molar-refractivity contribution in [3.05, 3.63) is 118 Å². The summed E-state index contributed by atoms with van der Waals surface area (Å²) in [6, 6.07) is 28.4. The monoisotopic (exact) mass is 745 g/mol. The van der Waals surface area contributed by atoms with Crippen LogP contribution in [-0.4, -0.2) is 70.7 Å². The summed E-state index contributed by atoms with van der Waals surface area (Å²) in [6.45, 7) is 7.89. The lowest BCUT2D eigenvalue weighted by atomic mass is 9.80. The minimum atomic E-state index is -2.03. The molecule has 13 nitrogen and oxygen atoms in total. The fraction of sp³-hybridized carbons (Fsp3) is 0.410. The maximum Gasteiger partial charge on any atom is 0.351 e. The van der Waals surface area contributed by atoms with Crippen molar-refractivity contribution >= 4 is 14.3 Å². The minimum Gasteiger partial charge on any atom is -0.497 e. The molecule has 0 bridgehead atoms. The van der Waals surface area contributed by atoms with Crippen molar-refractivity contribution < 1.29 is 33.1 Å². The van der Waals surface area contributed by atoms with Crippen molar-refractivity contribution in [2.24, 2.45) is 0 Å². The van der Waals surface area contributed by atoms with Crippen LogP contribution in [0.25, 0.3) is 0 Å². The van der Waals surface area contributed by atoms with Crippen LogP contribution < -0.4 is 20.9 Å². The molecule has 1 aliphatic rings. The van der Waals surface area contributed by atoms with Gasteiger partial charge in [-0.2, -0.15) is 10.2 Å². The molecule has 53 heavy (non-hydrogen) atoms. The molecule has 14 heteroatoms. The highest BCUT2D eigenvalue weighted by Gasteiger charge is 2.54. The maximum absolute atomic E-state index is 13.1. The third-order valence-corrected chi connectivity index (χ3v) is 11.2. The number of hydrogen-bond acceptors (Lipinski definition) is 12. The number of rotatable bonds is 17. The highest BCUT2D eigenvalue weighted by Crippen LogP contribution is 2.53. The third kappa shape index (κ3) is 8.88. The van der Waals surface area contributed by atoms with Crippen molar-refractivity contribution in [1.82, 2.24) is 14.2 Å². The number of nitrogens with zero attached hydrogens (tertiary/aromatic N) is 4. The number of aliphatic hydroxyl groups is 1. The largest absolute Gasteiger partial charge is 0.497 e. The molecule has 4 aromatic rings. The number of benzene rings is 3. The number of anilines is 1. The Hall–Kier alpha value is -4.38. The summed E-state index contributed by atoms with van der Waals surface area (Å²) in [5.41, 5.74) is 6.28. The minimum absolute atomic E-state index is 0.0422. The van der Waals surface area contributed by atoms with Crippen LogP contribution >= 0.6 is 8.53 Å². The van der Waals surface area contributed by atoms with E-state index in [1.807, 2.05) is 111 Å². The Morgan fingerprint density at radius 3 is 2.06 bits per heavy atom. The summed E-state index contributed by atoms with van der Waals surface area (Å²) in [6.07, 6.45) is -0.706. The zero-order valence-electron chi connectivity index (χ0n) is 30.9. The van der Waals surface area contributed by atoms with Crippen LogP contribution in [0.2, 0.25) is 0 Å². The van der Waals surface area contributed by atoms with Crippen molar-refractivity contribution in [1.29, 1.82) is 5.26 Å². The molecular formula is C39H48N5O8P. The first kappa shape index (κ1) is 39.8. The van der Waals surface area contributed by atoms with Gasteiger partial charge < -0.3 is 34.3 Å². The summed E-state index contributed by atoms with van der Waals surface area (Å²) in [5, 5.41) is 21.9. The Labute approximate surface area is 311 Å². The Morgan fingerprint density at radius 1 is 0.981 bits per heavy atom. The average molecular weight is 746 g/mol. The number of methoxy groups -OCH3 is 2. The van der Waals surface area contributed by atoms with E-state index in [0.29, 0.717) is 11.5 Å². The van der Waals surface area contributed by atoms with Crippen molar-refractivity contribution in [2.45, 2.75) is 76.3 Å². The van der Waals surface area contributed by atoms with Crippen LogP contribution in [0.1, 0.15) is 63.5 Å². The number of ether oxygens (including phenoxy) is 4. The molecule has 1 unspecified atom stereocenters. The number of aromatic nitrogens is 2. The van der Waals surface area contributed by atoms with E-state index in [0.717, 1.165) is 16.7 Å². The first-order chi connectivity index (χ1) is 25.4. The van der Waals surface area contributed by atoms with E-state index in [1.165, 1.54) is 16.8 Å². The molecule has 1 aliphatic heterocycles. The van der Waals surface area contributed by atoms with E-state index < -0.39 is 37.9 Å². The summed E-state index contributed by atoms with van der Waals surface area (Å²) in [5.74, 6) is -0.639. The standard InChI is InChI=1S/C39H48N5O8P/c1-27(2)44(28(3)4)53(50-24-10-22-40)52-38(46)25-36(43-23-21-35(41)42-37(43)45)51-34(38)26-49-39(29-11-8-7-9-12-29,30-13-17-32(47-5)18-14-30)31-15-19-33(48-6)20-16-31/h7-9,11-21,23,27-28,34,36,46H,10,24-26H2,1-6H3,(H2,41,42,45)/t34-,36-,38-,53?/m1/s1. The predicted octanol–water partition coefficient (Wildman–Crippen LogP) is 6.12. The van der Waals surface area contributed by atoms with E-state index in [-0.39, 0.29) is 44.0 Å². The molecule has 0 aliphatic carbocycles. The fourth-order valence-electron chi connectivity index (χ4n) is 6.49. The van der Waals surface area contributed by atoms with Crippen LogP contribution in [0.5, 0.6) is 11.5 Å². The zero-order valence-corrected chi connectivity index (χ0v) is 31.8. The van der Waals surface area contributed by atoms with Gasteiger partial charge in [-0.1, -0.05) is 54.6 Å². The molecule has 0 radical (unpaired) electrons. The lowest BCUT2D eigenvalue weighted by molar-refractivity contribution is -0.201. The molecule has 0 spiro atoms.